The minimum absolute atomic E-state index is 0.0828. The number of carbonyl (C=O) groups is 1. The first-order valence-electron chi connectivity index (χ1n) is 8.64. The molecule has 134 valence electrons. The van der Waals surface area contributed by atoms with Crippen LogP contribution in [0.3, 0.4) is 0 Å². The minimum atomic E-state index is -0.0828. The van der Waals surface area contributed by atoms with Gasteiger partial charge in [0.25, 0.3) is 0 Å². The van der Waals surface area contributed by atoms with E-state index in [1.54, 1.807) is 7.11 Å². The SMILES string of the molecule is CCC(=O)N1CCOC[C@H]1c1c(C)nn(-c2cccc(OC)c2)c1C. The fraction of sp³-hybridized carbons (Fsp3) is 0.474. The maximum absolute atomic E-state index is 12.4. The van der Waals surface area contributed by atoms with Crippen LogP contribution in [0.5, 0.6) is 5.75 Å². The van der Waals surface area contributed by atoms with Crippen molar-refractivity contribution in [2.24, 2.45) is 0 Å². The molecular formula is C19H25N3O3. The van der Waals surface area contributed by atoms with Gasteiger partial charge in [0.15, 0.2) is 0 Å². The number of aromatic nitrogens is 2. The molecule has 0 bridgehead atoms. The fourth-order valence-corrected chi connectivity index (χ4v) is 3.48. The highest BCUT2D eigenvalue weighted by Crippen LogP contribution is 2.31. The minimum Gasteiger partial charge on any atom is -0.497 e. The zero-order chi connectivity index (χ0) is 18.0. The summed E-state index contributed by atoms with van der Waals surface area (Å²) in [6.07, 6.45) is 0.499. The van der Waals surface area contributed by atoms with Crippen LogP contribution in [0.2, 0.25) is 0 Å². The van der Waals surface area contributed by atoms with Crippen molar-refractivity contribution in [3.05, 3.63) is 41.2 Å². The molecule has 25 heavy (non-hydrogen) atoms. The van der Waals surface area contributed by atoms with Crippen LogP contribution in [0.4, 0.5) is 0 Å². The third kappa shape index (κ3) is 3.26. The van der Waals surface area contributed by atoms with E-state index in [1.807, 2.05) is 54.6 Å². The number of hydrogen-bond donors (Lipinski definition) is 0. The standard InChI is InChI=1S/C19H25N3O3/c1-5-18(23)21-9-10-25-12-17(21)19-13(2)20-22(14(19)3)15-7-6-8-16(11-15)24-4/h6-8,11,17H,5,9-10,12H2,1-4H3/t17-/m0/s1. The van der Waals surface area contributed by atoms with Crippen LogP contribution >= 0.6 is 0 Å². The van der Waals surface area contributed by atoms with Gasteiger partial charge in [0, 0.05) is 30.3 Å². The molecule has 1 atom stereocenters. The van der Waals surface area contributed by atoms with E-state index in [4.69, 9.17) is 14.6 Å². The van der Waals surface area contributed by atoms with E-state index < -0.39 is 0 Å². The number of aryl methyl sites for hydroxylation is 1. The summed E-state index contributed by atoms with van der Waals surface area (Å²) in [6, 6.07) is 7.72. The molecule has 0 radical (unpaired) electrons. The molecule has 0 spiro atoms. The molecule has 1 fully saturated rings. The number of benzene rings is 1. The Morgan fingerprint density at radius 2 is 2.20 bits per heavy atom. The van der Waals surface area contributed by atoms with Crippen molar-refractivity contribution in [3.8, 4) is 11.4 Å². The highest BCUT2D eigenvalue weighted by atomic mass is 16.5. The lowest BCUT2D eigenvalue weighted by Crippen LogP contribution is -2.43. The second-order valence-corrected chi connectivity index (χ2v) is 6.23. The zero-order valence-electron chi connectivity index (χ0n) is 15.3. The van der Waals surface area contributed by atoms with Gasteiger partial charge in [-0.2, -0.15) is 5.10 Å². The van der Waals surface area contributed by atoms with Crippen molar-refractivity contribution in [2.75, 3.05) is 26.9 Å². The summed E-state index contributed by atoms with van der Waals surface area (Å²) in [5.74, 6) is 0.941. The van der Waals surface area contributed by atoms with E-state index in [9.17, 15) is 4.79 Å². The van der Waals surface area contributed by atoms with Crippen LogP contribution in [0.25, 0.3) is 5.69 Å². The maximum atomic E-state index is 12.4. The first kappa shape index (κ1) is 17.5. The molecule has 1 aliphatic rings. The Labute approximate surface area is 148 Å². The highest BCUT2D eigenvalue weighted by Gasteiger charge is 2.32. The van der Waals surface area contributed by atoms with Crippen molar-refractivity contribution in [2.45, 2.75) is 33.2 Å². The van der Waals surface area contributed by atoms with Crippen LogP contribution in [-0.2, 0) is 9.53 Å². The molecular weight excluding hydrogens is 318 g/mol. The van der Waals surface area contributed by atoms with E-state index >= 15 is 0 Å². The number of ether oxygens (including phenoxy) is 2. The summed E-state index contributed by atoms with van der Waals surface area (Å²) >= 11 is 0. The van der Waals surface area contributed by atoms with Crippen molar-refractivity contribution in [1.29, 1.82) is 0 Å². The van der Waals surface area contributed by atoms with Crippen LogP contribution in [0.15, 0.2) is 24.3 Å². The zero-order valence-corrected chi connectivity index (χ0v) is 15.3. The van der Waals surface area contributed by atoms with Gasteiger partial charge in [0.1, 0.15) is 5.75 Å². The molecule has 1 aromatic heterocycles. The van der Waals surface area contributed by atoms with Crippen molar-refractivity contribution >= 4 is 5.91 Å². The smallest absolute Gasteiger partial charge is 0.222 e. The van der Waals surface area contributed by atoms with E-state index in [-0.39, 0.29) is 11.9 Å². The quantitative estimate of drug-likeness (QED) is 0.857. The number of rotatable bonds is 4. The van der Waals surface area contributed by atoms with Gasteiger partial charge in [-0.3, -0.25) is 4.79 Å². The van der Waals surface area contributed by atoms with Crippen LogP contribution < -0.4 is 4.74 Å². The maximum Gasteiger partial charge on any atom is 0.222 e. The number of nitrogens with zero attached hydrogens (tertiary/aromatic N) is 3. The summed E-state index contributed by atoms with van der Waals surface area (Å²) in [6.45, 7) is 7.65. The van der Waals surface area contributed by atoms with Gasteiger partial charge >= 0.3 is 0 Å². The fourth-order valence-electron chi connectivity index (χ4n) is 3.48. The molecule has 1 aliphatic heterocycles. The van der Waals surface area contributed by atoms with Crippen LogP contribution in [0.1, 0.15) is 36.3 Å². The van der Waals surface area contributed by atoms with Crippen molar-refractivity contribution in [1.82, 2.24) is 14.7 Å². The summed E-state index contributed by atoms with van der Waals surface area (Å²) in [5.41, 5.74) is 3.96. The molecule has 6 nitrogen and oxygen atoms in total. The molecule has 1 saturated heterocycles. The largest absolute Gasteiger partial charge is 0.497 e. The third-order valence-corrected chi connectivity index (χ3v) is 4.73. The average Bonchev–Trinajstić information content (AvgIpc) is 2.95. The molecule has 1 amide bonds. The Kier molecular flexibility index (Phi) is 5.08. The Morgan fingerprint density at radius 1 is 1.40 bits per heavy atom. The first-order chi connectivity index (χ1) is 12.1. The van der Waals surface area contributed by atoms with E-state index in [1.165, 1.54) is 0 Å². The Balaban J connectivity index is 2.02. The molecule has 2 aromatic rings. The number of hydrogen-bond acceptors (Lipinski definition) is 4. The molecule has 2 heterocycles. The summed E-state index contributed by atoms with van der Waals surface area (Å²) in [5, 5.41) is 4.72. The second kappa shape index (κ2) is 7.27. The second-order valence-electron chi connectivity index (χ2n) is 6.23. The summed E-state index contributed by atoms with van der Waals surface area (Å²) in [4.78, 5) is 14.3. The number of amides is 1. The Bertz CT molecular complexity index is 769. The van der Waals surface area contributed by atoms with Gasteiger partial charge in [-0.25, -0.2) is 4.68 Å². The van der Waals surface area contributed by atoms with Gasteiger partial charge in [0.2, 0.25) is 5.91 Å². The van der Waals surface area contributed by atoms with Gasteiger partial charge in [-0.05, 0) is 26.0 Å². The van der Waals surface area contributed by atoms with Crippen LogP contribution in [0, 0.1) is 13.8 Å². The van der Waals surface area contributed by atoms with Crippen LogP contribution in [-0.4, -0.2) is 47.5 Å². The predicted octanol–water partition coefficient (Wildman–Crippen LogP) is 2.81. The number of carbonyl (C=O) groups excluding carboxylic acids is 1. The van der Waals surface area contributed by atoms with Gasteiger partial charge in [-0.1, -0.05) is 13.0 Å². The van der Waals surface area contributed by atoms with Crippen molar-refractivity contribution in [3.63, 3.8) is 0 Å². The van der Waals surface area contributed by atoms with E-state index in [0.29, 0.717) is 26.2 Å². The lowest BCUT2D eigenvalue weighted by atomic mass is 10.0. The number of morpholine rings is 1. The molecule has 0 saturated carbocycles. The Morgan fingerprint density at radius 3 is 2.92 bits per heavy atom. The third-order valence-electron chi connectivity index (χ3n) is 4.73. The monoisotopic (exact) mass is 343 g/mol. The predicted molar refractivity (Wildman–Crippen MR) is 95.2 cm³/mol. The normalized spacial score (nSPS) is 17.6. The van der Waals surface area contributed by atoms with E-state index in [2.05, 4.69) is 0 Å². The van der Waals surface area contributed by atoms with E-state index in [0.717, 1.165) is 28.4 Å². The van der Waals surface area contributed by atoms with Crippen molar-refractivity contribution < 1.29 is 14.3 Å². The molecule has 0 N–H and O–H groups in total. The van der Waals surface area contributed by atoms with Gasteiger partial charge in [0.05, 0.1) is 37.7 Å². The summed E-state index contributed by atoms with van der Waals surface area (Å²) < 4.78 is 12.9. The molecule has 0 aliphatic carbocycles. The average molecular weight is 343 g/mol. The highest BCUT2D eigenvalue weighted by molar-refractivity contribution is 5.76. The topological polar surface area (TPSA) is 56.6 Å². The van der Waals surface area contributed by atoms with Gasteiger partial charge < -0.3 is 14.4 Å². The van der Waals surface area contributed by atoms with Gasteiger partial charge in [-0.15, -0.1) is 0 Å². The first-order valence-corrected chi connectivity index (χ1v) is 8.64. The molecule has 3 rings (SSSR count). The molecule has 6 heteroatoms. The molecule has 1 aromatic carbocycles. The lowest BCUT2D eigenvalue weighted by Gasteiger charge is -2.36. The Hall–Kier alpha value is -2.34. The number of methoxy groups -OCH3 is 1. The summed E-state index contributed by atoms with van der Waals surface area (Å²) in [7, 11) is 1.65. The molecule has 0 unspecified atom stereocenters. The lowest BCUT2D eigenvalue weighted by molar-refractivity contribution is -0.139.